The Morgan fingerprint density at radius 3 is 2.79 bits per heavy atom. The fourth-order valence-corrected chi connectivity index (χ4v) is 2.63. The molecule has 0 spiro atoms. The predicted molar refractivity (Wildman–Crippen MR) is 76.7 cm³/mol. The molecule has 0 radical (unpaired) electrons. The number of fused-ring (bicyclic) bond motifs is 1. The number of imidazole rings is 1. The molecule has 0 aliphatic rings. The van der Waals surface area contributed by atoms with Gasteiger partial charge in [-0.1, -0.05) is 13.0 Å². The summed E-state index contributed by atoms with van der Waals surface area (Å²) in [5.74, 6) is 0.720. The molecule has 0 aliphatic heterocycles. The highest BCUT2D eigenvalue weighted by atomic mass is 32.2. The second kappa shape index (κ2) is 5.30. The van der Waals surface area contributed by atoms with Crippen molar-refractivity contribution >= 4 is 20.9 Å². The maximum atomic E-state index is 11.1. The number of hydrogen-bond donors (Lipinski definition) is 2. The molecule has 5 nitrogen and oxygen atoms in total. The van der Waals surface area contributed by atoms with E-state index < -0.39 is 9.84 Å². The van der Waals surface area contributed by atoms with Crippen LogP contribution in [0.2, 0.25) is 0 Å². The molecule has 1 atom stereocenters. The Morgan fingerprint density at radius 2 is 2.16 bits per heavy atom. The Labute approximate surface area is 113 Å². The van der Waals surface area contributed by atoms with E-state index in [1.54, 1.807) is 0 Å². The average molecular weight is 281 g/mol. The smallest absolute Gasteiger partial charge is 0.147 e. The first-order chi connectivity index (χ1) is 8.89. The van der Waals surface area contributed by atoms with Gasteiger partial charge in [-0.2, -0.15) is 0 Å². The predicted octanol–water partition coefficient (Wildman–Crippen LogP) is 1.56. The first-order valence-electron chi connectivity index (χ1n) is 6.31. The Balaban J connectivity index is 2.20. The quantitative estimate of drug-likeness (QED) is 0.870. The molecule has 19 heavy (non-hydrogen) atoms. The fourth-order valence-electron chi connectivity index (χ4n) is 1.95. The van der Waals surface area contributed by atoms with Crippen LogP contribution < -0.4 is 5.73 Å². The van der Waals surface area contributed by atoms with E-state index in [9.17, 15) is 8.42 Å². The van der Waals surface area contributed by atoms with Crippen molar-refractivity contribution in [2.45, 2.75) is 25.8 Å². The summed E-state index contributed by atoms with van der Waals surface area (Å²) in [6.07, 6.45) is 2.55. The van der Waals surface area contributed by atoms with E-state index in [1.807, 2.05) is 12.1 Å². The van der Waals surface area contributed by atoms with E-state index in [4.69, 9.17) is 5.73 Å². The number of sulfone groups is 1. The summed E-state index contributed by atoms with van der Waals surface area (Å²) in [4.78, 5) is 7.59. The van der Waals surface area contributed by atoms with Crippen molar-refractivity contribution in [3.05, 3.63) is 29.6 Å². The van der Waals surface area contributed by atoms with Gasteiger partial charge in [0.2, 0.25) is 0 Å². The zero-order valence-corrected chi connectivity index (χ0v) is 12.0. The molecular weight excluding hydrogens is 262 g/mol. The lowest BCUT2D eigenvalue weighted by Crippen LogP contribution is -2.16. The molecule has 0 amide bonds. The minimum atomic E-state index is -2.99. The number of aromatic nitrogens is 2. The van der Waals surface area contributed by atoms with Crippen LogP contribution in [0.5, 0.6) is 0 Å². The highest BCUT2D eigenvalue weighted by Gasteiger charge is 2.14. The van der Waals surface area contributed by atoms with Crippen LogP contribution >= 0.6 is 0 Å². The monoisotopic (exact) mass is 281 g/mol. The maximum absolute atomic E-state index is 11.1. The zero-order valence-electron chi connectivity index (χ0n) is 11.2. The number of nitrogens with zero attached hydrogens (tertiary/aromatic N) is 1. The van der Waals surface area contributed by atoms with Crippen LogP contribution in [0.25, 0.3) is 11.0 Å². The Bertz CT molecular complexity index is 676. The van der Waals surface area contributed by atoms with E-state index in [0.717, 1.165) is 17.5 Å². The lowest BCUT2D eigenvalue weighted by atomic mass is 10.1. The number of aryl methyl sites for hydroxylation is 1. The number of H-pyrrole nitrogens is 1. The largest absolute Gasteiger partial charge is 0.341 e. The van der Waals surface area contributed by atoms with Crippen molar-refractivity contribution < 1.29 is 8.42 Å². The van der Waals surface area contributed by atoms with Gasteiger partial charge in [0.1, 0.15) is 15.7 Å². The molecule has 3 N–H and O–H groups in total. The third-order valence-electron chi connectivity index (χ3n) is 3.12. The minimum Gasteiger partial charge on any atom is -0.341 e. The topological polar surface area (TPSA) is 88.8 Å². The van der Waals surface area contributed by atoms with Crippen LogP contribution in [0.3, 0.4) is 0 Å². The molecule has 1 heterocycles. The van der Waals surface area contributed by atoms with Crippen molar-refractivity contribution in [1.82, 2.24) is 9.97 Å². The number of rotatable bonds is 5. The van der Waals surface area contributed by atoms with Crippen LogP contribution in [0.15, 0.2) is 18.2 Å². The van der Waals surface area contributed by atoms with E-state index in [1.165, 1.54) is 11.8 Å². The van der Waals surface area contributed by atoms with Crippen LogP contribution in [0.4, 0.5) is 0 Å². The van der Waals surface area contributed by atoms with Crippen LogP contribution in [0.1, 0.15) is 30.8 Å². The third-order valence-corrected chi connectivity index (χ3v) is 4.10. The average Bonchev–Trinajstić information content (AvgIpc) is 2.77. The summed E-state index contributed by atoms with van der Waals surface area (Å²) in [5.41, 5.74) is 9.02. The van der Waals surface area contributed by atoms with Gasteiger partial charge in [0.25, 0.3) is 0 Å². The number of nitrogens with two attached hydrogens (primary N) is 1. The number of hydrogen-bond acceptors (Lipinski definition) is 4. The van der Waals surface area contributed by atoms with Crippen molar-refractivity contribution in [2.24, 2.45) is 5.73 Å². The molecule has 0 saturated heterocycles. The molecule has 2 rings (SSSR count). The second-order valence-electron chi connectivity index (χ2n) is 4.85. The summed E-state index contributed by atoms with van der Waals surface area (Å²) in [6.45, 7) is 2.09. The highest BCUT2D eigenvalue weighted by molar-refractivity contribution is 7.90. The second-order valence-corrected chi connectivity index (χ2v) is 7.11. The Hall–Kier alpha value is -1.40. The molecule has 104 valence electrons. The highest BCUT2D eigenvalue weighted by Crippen LogP contribution is 2.18. The summed E-state index contributed by atoms with van der Waals surface area (Å²) in [7, 11) is -2.99. The van der Waals surface area contributed by atoms with Crippen molar-refractivity contribution in [2.75, 3.05) is 12.0 Å². The van der Waals surface area contributed by atoms with Gasteiger partial charge >= 0.3 is 0 Å². The molecule has 0 aliphatic carbocycles. The van der Waals surface area contributed by atoms with Crippen LogP contribution in [-0.4, -0.2) is 30.4 Å². The van der Waals surface area contributed by atoms with E-state index in [-0.39, 0.29) is 11.8 Å². The Morgan fingerprint density at radius 1 is 1.42 bits per heavy atom. The van der Waals surface area contributed by atoms with E-state index in [0.29, 0.717) is 12.2 Å². The summed E-state index contributed by atoms with van der Waals surface area (Å²) < 4.78 is 22.3. The minimum absolute atomic E-state index is 0.0748. The van der Waals surface area contributed by atoms with Gasteiger partial charge in [0.05, 0.1) is 22.8 Å². The molecule has 2 aromatic rings. The lowest BCUT2D eigenvalue weighted by molar-refractivity contribution is 0.588. The molecule has 0 saturated carbocycles. The van der Waals surface area contributed by atoms with Gasteiger partial charge in [-0.15, -0.1) is 0 Å². The van der Waals surface area contributed by atoms with Gasteiger partial charge in [0, 0.05) is 6.26 Å². The third kappa shape index (κ3) is 3.54. The maximum Gasteiger partial charge on any atom is 0.147 e. The molecule has 1 unspecified atom stereocenters. The van der Waals surface area contributed by atoms with Crippen LogP contribution in [0, 0.1) is 0 Å². The molecule has 1 aromatic carbocycles. The SMILES string of the molecule is CCc1ccc2nc(C(N)CCS(C)(=O)=O)[nH]c2c1. The first kappa shape index (κ1) is 14.0. The van der Waals surface area contributed by atoms with Gasteiger partial charge < -0.3 is 10.7 Å². The molecule has 1 aromatic heterocycles. The standard InChI is InChI=1S/C13H19N3O2S/c1-3-9-4-5-11-12(8-9)16-13(15-11)10(14)6-7-19(2,17)18/h4-5,8,10H,3,6-7,14H2,1-2H3,(H,15,16). The fraction of sp³-hybridized carbons (Fsp3) is 0.462. The van der Waals surface area contributed by atoms with E-state index >= 15 is 0 Å². The van der Waals surface area contributed by atoms with E-state index in [2.05, 4.69) is 23.0 Å². The molecule has 0 fully saturated rings. The first-order valence-corrected chi connectivity index (χ1v) is 8.37. The van der Waals surface area contributed by atoms with Crippen molar-refractivity contribution in [3.8, 4) is 0 Å². The molecule has 0 bridgehead atoms. The lowest BCUT2D eigenvalue weighted by Gasteiger charge is -2.06. The van der Waals surface area contributed by atoms with Crippen molar-refractivity contribution in [3.63, 3.8) is 0 Å². The number of benzene rings is 1. The van der Waals surface area contributed by atoms with Gasteiger partial charge in [0.15, 0.2) is 0 Å². The normalized spacial score (nSPS) is 13.8. The summed E-state index contributed by atoms with van der Waals surface area (Å²) in [6, 6.07) is 5.66. The van der Waals surface area contributed by atoms with Crippen molar-refractivity contribution in [1.29, 1.82) is 0 Å². The molecular formula is C13H19N3O2S. The Kier molecular flexibility index (Phi) is 3.91. The van der Waals surface area contributed by atoms with Gasteiger partial charge in [-0.05, 0) is 30.5 Å². The van der Waals surface area contributed by atoms with Gasteiger partial charge in [-0.25, -0.2) is 13.4 Å². The summed E-state index contributed by atoms with van der Waals surface area (Å²) in [5, 5.41) is 0. The van der Waals surface area contributed by atoms with Gasteiger partial charge in [-0.3, -0.25) is 0 Å². The summed E-state index contributed by atoms with van der Waals surface area (Å²) >= 11 is 0. The van der Waals surface area contributed by atoms with Crippen LogP contribution in [-0.2, 0) is 16.3 Å². The molecule has 6 heteroatoms. The zero-order chi connectivity index (χ0) is 14.0. The number of nitrogens with one attached hydrogen (secondary N) is 1. The number of aromatic amines is 1.